The van der Waals surface area contributed by atoms with Gasteiger partial charge in [0.2, 0.25) is 15.9 Å². The summed E-state index contributed by atoms with van der Waals surface area (Å²) in [6, 6.07) is 0. The molecule has 0 atom stereocenters. The first-order valence-electron chi connectivity index (χ1n) is 7.01. The van der Waals surface area contributed by atoms with Gasteiger partial charge in [0.1, 0.15) is 0 Å². The van der Waals surface area contributed by atoms with Crippen LogP contribution < -0.4 is 10.6 Å². The Morgan fingerprint density at radius 3 is 2.53 bits per heavy atom. The largest absolute Gasteiger partial charge is 0.355 e. The fraction of sp³-hybridized carbons (Fsp3) is 0.917. The Bertz CT molecular complexity index is 364. The van der Waals surface area contributed by atoms with Gasteiger partial charge in [-0.05, 0) is 25.8 Å². The number of carbonyl (C=O) groups is 1. The molecule has 2 N–H and O–H groups in total. The molecule has 6 nitrogen and oxygen atoms in total. The molecule has 7 heteroatoms. The topological polar surface area (TPSA) is 78.5 Å². The Hall–Kier alpha value is -0.660. The zero-order chi connectivity index (χ0) is 14.1. The Kier molecular flexibility index (Phi) is 7.33. The molecule has 0 radical (unpaired) electrons. The maximum Gasteiger partial charge on any atom is 0.220 e. The van der Waals surface area contributed by atoms with Crippen molar-refractivity contribution in [1.82, 2.24) is 14.9 Å². The van der Waals surface area contributed by atoms with Crippen LogP contribution >= 0.6 is 0 Å². The number of nitrogens with zero attached hydrogens (tertiary/aromatic N) is 1. The van der Waals surface area contributed by atoms with Crippen LogP contribution in [0.1, 0.15) is 32.6 Å². The predicted octanol–water partition coefficient (Wildman–Crippen LogP) is -0.0821. The van der Waals surface area contributed by atoms with Crippen molar-refractivity contribution in [3.8, 4) is 0 Å². The summed E-state index contributed by atoms with van der Waals surface area (Å²) in [6.45, 7) is 5.49. The SMILES string of the molecule is CCNCCNC(=O)CCCS(=O)(=O)N1CCCC1. The third-order valence-electron chi connectivity index (χ3n) is 3.14. The molecule has 1 saturated heterocycles. The molecule has 0 bridgehead atoms. The second-order valence-corrected chi connectivity index (χ2v) is 6.82. The van der Waals surface area contributed by atoms with Gasteiger partial charge >= 0.3 is 0 Å². The van der Waals surface area contributed by atoms with Crippen molar-refractivity contribution in [3.63, 3.8) is 0 Å². The van der Waals surface area contributed by atoms with Gasteiger partial charge in [0, 0.05) is 32.6 Å². The first-order valence-corrected chi connectivity index (χ1v) is 8.62. The maximum atomic E-state index is 11.9. The van der Waals surface area contributed by atoms with E-state index in [9.17, 15) is 13.2 Å². The first kappa shape index (κ1) is 16.4. The Morgan fingerprint density at radius 1 is 1.21 bits per heavy atom. The van der Waals surface area contributed by atoms with Crippen molar-refractivity contribution in [3.05, 3.63) is 0 Å². The van der Waals surface area contributed by atoms with Gasteiger partial charge in [-0.1, -0.05) is 6.92 Å². The number of likely N-dealkylation sites (N-methyl/N-ethyl adjacent to an activating group) is 1. The number of nitrogens with one attached hydrogen (secondary N) is 2. The van der Waals surface area contributed by atoms with Crippen LogP contribution in [-0.2, 0) is 14.8 Å². The van der Waals surface area contributed by atoms with Crippen LogP contribution in [0.5, 0.6) is 0 Å². The van der Waals surface area contributed by atoms with E-state index in [0.717, 1.165) is 25.9 Å². The number of sulfonamides is 1. The lowest BCUT2D eigenvalue weighted by atomic mass is 10.3. The third-order valence-corrected chi connectivity index (χ3v) is 5.10. The highest BCUT2D eigenvalue weighted by molar-refractivity contribution is 7.89. The Morgan fingerprint density at radius 2 is 1.89 bits per heavy atom. The van der Waals surface area contributed by atoms with E-state index in [-0.39, 0.29) is 18.1 Å². The van der Waals surface area contributed by atoms with Crippen LogP contribution in [0.25, 0.3) is 0 Å². The fourth-order valence-electron chi connectivity index (χ4n) is 2.07. The van der Waals surface area contributed by atoms with Crippen molar-refractivity contribution < 1.29 is 13.2 Å². The average Bonchev–Trinajstić information content (AvgIpc) is 2.89. The number of carbonyl (C=O) groups excluding carboxylic acids is 1. The second-order valence-electron chi connectivity index (χ2n) is 4.73. The van der Waals surface area contributed by atoms with Gasteiger partial charge in [0.25, 0.3) is 0 Å². The van der Waals surface area contributed by atoms with Gasteiger partial charge in [0.15, 0.2) is 0 Å². The van der Waals surface area contributed by atoms with E-state index in [0.29, 0.717) is 26.1 Å². The predicted molar refractivity (Wildman–Crippen MR) is 75.4 cm³/mol. The molecule has 0 spiro atoms. The van der Waals surface area contributed by atoms with E-state index in [2.05, 4.69) is 10.6 Å². The van der Waals surface area contributed by atoms with Gasteiger partial charge in [0.05, 0.1) is 5.75 Å². The maximum absolute atomic E-state index is 11.9. The van der Waals surface area contributed by atoms with E-state index < -0.39 is 10.0 Å². The van der Waals surface area contributed by atoms with Crippen LogP contribution in [0, 0.1) is 0 Å². The van der Waals surface area contributed by atoms with Crippen LogP contribution in [0.4, 0.5) is 0 Å². The second kappa shape index (κ2) is 8.50. The molecule has 0 aliphatic carbocycles. The van der Waals surface area contributed by atoms with Crippen molar-refractivity contribution in [2.24, 2.45) is 0 Å². The molecule has 0 saturated carbocycles. The highest BCUT2D eigenvalue weighted by Gasteiger charge is 2.24. The minimum Gasteiger partial charge on any atom is -0.355 e. The van der Waals surface area contributed by atoms with Gasteiger partial charge in [-0.15, -0.1) is 0 Å². The molecule has 1 rings (SSSR count). The monoisotopic (exact) mass is 291 g/mol. The summed E-state index contributed by atoms with van der Waals surface area (Å²) in [5, 5.41) is 5.87. The van der Waals surface area contributed by atoms with Crippen molar-refractivity contribution in [2.75, 3.05) is 38.5 Å². The molecular weight excluding hydrogens is 266 g/mol. The third kappa shape index (κ3) is 6.35. The standard InChI is InChI=1S/C12H25N3O3S/c1-2-13-7-8-14-12(16)6-5-11-19(17,18)15-9-3-4-10-15/h13H,2-11H2,1H3,(H,14,16). The summed E-state index contributed by atoms with van der Waals surface area (Å²) in [5.41, 5.74) is 0. The zero-order valence-corrected chi connectivity index (χ0v) is 12.5. The normalized spacial score (nSPS) is 16.7. The molecule has 1 aliphatic rings. The lowest BCUT2D eigenvalue weighted by Crippen LogP contribution is -2.33. The quantitative estimate of drug-likeness (QED) is 0.582. The number of hydrogen-bond acceptors (Lipinski definition) is 4. The number of amides is 1. The van der Waals surface area contributed by atoms with E-state index in [1.54, 1.807) is 0 Å². The van der Waals surface area contributed by atoms with Gasteiger partial charge in [-0.3, -0.25) is 4.79 Å². The van der Waals surface area contributed by atoms with Gasteiger partial charge in [-0.25, -0.2) is 12.7 Å². The van der Waals surface area contributed by atoms with E-state index >= 15 is 0 Å². The fourth-order valence-corrected chi connectivity index (χ4v) is 3.65. The number of rotatable bonds is 9. The van der Waals surface area contributed by atoms with Crippen LogP contribution in [0.15, 0.2) is 0 Å². The summed E-state index contributed by atoms with van der Waals surface area (Å²) >= 11 is 0. The molecule has 0 unspecified atom stereocenters. The molecule has 1 heterocycles. The Balaban J connectivity index is 2.13. The zero-order valence-electron chi connectivity index (χ0n) is 11.7. The lowest BCUT2D eigenvalue weighted by Gasteiger charge is -2.15. The summed E-state index contributed by atoms with van der Waals surface area (Å²) < 4.78 is 25.3. The van der Waals surface area contributed by atoms with Gasteiger partial charge < -0.3 is 10.6 Å². The summed E-state index contributed by atoms with van der Waals surface area (Å²) in [6.07, 6.45) is 2.57. The molecule has 1 fully saturated rings. The summed E-state index contributed by atoms with van der Waals surface area (Å²) in [7, 11) is -3.14. The highest BCUT2D eigenvalue weighted by atomic mass is 32.2. The van der Waals surface area contributed by atoms with Crippen molar-refractivity contribution in [1.29, 1.82) is 0 Å². The molecule has 0 aromatic rings. The first-order chi connectivity index (χ1) is 9.06. The van der Waals surface area contributed by atoms with Crippen LogP contribution in [0.2, 0.25) is 0 Å². The molecule has 0 aromatic heterocycles. The van der Waals surface area contributed by atoms with E-state index in [4.69, 9.17) is 0 Å². The highest BCUT2D eigenvalue weighted by Crippen LogP contribution is 2.14. The lowest BCUT2D eigenvalue weighted by molar-refractivity contribution is -0.121. The smallest absolute Gasteiger partial charge is 0.220 e. The molecule has 19 heavy (non-hydrogen) atoms. The van der Waals surface area contributed by atoms with Crippen molar-refractivity contribution >= 4 is 15.9 Å². The minimum absolute atomic E-state index is 0.0745. The van der Waals surface area contributed by atoms with Crippen LogP contribution in [0.3, 0.4) is 0 Å². The number of hydrogen-bond donors (Lipinski definition) is 2. The molecule has 1 aliphatic heterocycles. The van der Waals surface area contributed by atoms with E-state index in [1.807, 2.05) is 6.92 Å². The van der Waals surface area contributed by atoms with Crippen LogP contribution in [-0.4, -0.2) is 57.1 Å². The average molecular weight is 291 g/mol. The molecule has 1 amide bonds. The van der Waals surface area contributed by atoms with E-state index in [1.165, 1.54) is 4.31 Å². The Labute approximate surface area is 116 Å². The molecule has 0 aromatic carbocycles. The summed E-state index contributed by atoms with van der Waals surface area (Å²) in [5.74, 6) is 0.00250. The molecule has 112 valence electrons. The molecular formula is C12H25N3O3S. The van der Waals surface area contributed by atoms with Gasteiger partial charge in [-0.2, -0.15) is 0 Å². The van der Waals surface area contributed by atoms with Crippen molar-refractivity contribution in [2.45, 2.75) is 32.6 Å². The minimum atomic E-state index is -3.14. The summed E-state index contributed by atoms with van der Waals surface area (Å²) in [4.78, 5) is 11.5.